The van der Waals surface area contributed by atoms with Crippen LogP contribution < -0.4 is 5.32 Å². The number of rotatable bonds is 7. The number of carbonyl (C=O) groups is 4. The Labute approximate surface area is 154 Å². The van der Waals surface area contributed by atoms with Gasteiger partial charge in [-0.15, -0.1) is 0 Å². The number of benzene rings is 1. The van der Waals surface area contributed by atoms with Gasteiger partial charge in [0, 0.05) is 31.2 Å². The van der Waals surface area contributed by atoms with Crippen molar-refractivity contribution >= 4 is 52.3 Å². The van der Waals surface area contributed by atoms with Crippen LogP contribution in [0.2, 0.25) is 0 Å². The number of ether oxygens (including phenoxy) is 1. The molecule has 1 aromatic carbocycles. The number of hydrogen-bond acceptors (Lipinski definition) is 5. The largest absolute Gasteiger partial charge is 0.465 e. The normalized spacial score (nSPS) is 11.7. The second-order valence-electron chi connectivity index (χ2n) is 4.86. The van der Waals surface area contributed by atoms with E-state index in [9.17, 15) is 19.2 Å². The average molecular weight is 384 g/mol. The van der Waals surface area contributed by atoms with Crippen molar-refractivity contribution in [1.82, 2.24) is 0 Å². The maximum absolute atomic E-state index is 11.8. The molecule has 132 valence electrons. The molecule has 25 heavy (non-hydrogen) atoms. The summed E-state index contributed by atoms with van der Waals surface area (Å²) in [6.45, 7) is 1.25. The minimum Gasteiger partial charge on any atom is -0.465 e. The Morgan fingerprint density at radius 1 is 1.04 bits per heavy atom. The number of carbonyl (C=O) groups excluding carboxylic acids is 4. The van der Waals surface area contributed by atoms with Crippen LogP contribution in [0.1, 0.15) is 12.5 Å². The lowest BCUT2D eigenvalue weighted by Crippen LogP contribution is -2.10. The molecular formula is C17H15Cl2NO5. The van der Waals surface area contributed by atoms with Gasteiger partial charge in [0.25, 0.3) is 0 Å². The lowest BCUT2D eigenvalue weighted by molar-refractivity contribution is -0.135. The number of amides is 1. The number of nitrogens with one attached hydrogen (secondary N) is 1. The average Bonchev–Trinajstić information content (AvgIpc) is 2.55. The van der Waals surface area contributed by atoms with Crippen molar-refractivity contribution in [2.75, 3.05) is 12.4 Å². The van der Waals surface area contributed by atoms with Crippen LogP contribution in [0.15, 0.2) is 46.5 Å². The van der Waals surface area contributed by atoms with Crippen LogP contribution in [-0.2, 0) is 30.3 Å². The van der Waals surface area contributed by atoms with Gasteiger partial charge < -0.3 is 10.1 Å². The first kappa shape index (κ1) is 20.6. The summed E-state index contributed by atoms with van der Waals surface area (Å²) in [6, 6.07) is 6.43. The maximum atomic E-state index is 11.8. The lowest BCUT2D eigenvalue weighted by Gasteiger charge is -2.04. The molecular weight excluding hydrogens is 369 g/mol. The van der Waals surface area contributed by atoms with E-state index in [2.05, 4.69) is 10.1 Å². The van der Waals surface area contributed by atoms with Gasteiger partial charge >= 0.3 is 5.97 Å². The zero-order valence-electron chi connectivity index (χ0n) is 13.5. The fraction of sp³-hybridized carbons (Fsp3) is 0.176. The van der Waals surface area contributed by atoms with Crippen molar-refractivity contribution in [3.63, 3.8) is 0 Å². The monoisotopic (exact) mass is 383 g/mol. The lowest BCUT2D eigenvalue weighted by atomic mass is 10.1. The first-order valence-corrected chi connectivity index (χ1v) is 7.75. The third-order valence-corrected chi connectivity index (χ3v) is 3.50. The van der Waals surface area contributed by atoms with Crippen LogP contribution >= 0.6 is 23.2 Å². The molecule has 6 nitrogen and oxygen atoms in total. The zero-order chi connectivity index (χ0) is 19.0. The topological polar surface area (TPSA) is 89.5 Å². The second kappa shape index (κ2) is 9.76. The van der Waals surface area contributed by atoms with Gasteiger partial charge in [-0.2, -0.15) is 0 Å². The van der Waals surface area contributed by atoms with Gasteiger partial charge in [0.1, 0.15) is 5.03 Å². The molecule has 0 aromatic heterocycles. The van der Waals surface area contributed by atoms with Crippen LogP contribution in [0, 0.1) is 0 Å². The Morgan fingerprint density at radius 2 is 1.64 bits per heavy atom. The summed E-state index contributed by atoms with van der Waals surface area (Å²) in [5.74, 6) is -2.12. The summed E-state index contributed by atoms with van der Waals surface area (Å²) in [5, 5.41) is 2.06. The molecule has 0 aliphatic rings. The molecule has 0 heterocycles. The van der Waals surface area contributed by atoms with E-state index >= 15 is 0 Å². The third-order valence-electron chi connectivity index (χ3n) is 2.86. The van der Waals surface area contributed by atoms with Crippen molar-refractivity contribution in [2.24, 2.45) is 0 Å². The van der Waals surface area contributed by atoms with Crippen molar-refractivity contribution in [3.8, 4) is 0 Å². The molecule has 8 heteroatoms. The van der Waals surface area contributed by atoms with Crippen LogP contribution in [-0.4, -0.2) is 30.6 Å². The molecule has 0 fully saturated rings. The Kier molecular flexibility index (Phi) is 8.04. The number of hydrogen-bond donors (Lipinski definition) is 1. The molecule has 1 amide bonds. The van der Waals surface area contributed by atoms with Gasteiger partial charge in [-0.05, 0) is 17.7 Å². The van der Waals surface area contributed by atoms with E-state index in [-0.39, 0.29) is 22.3 Å². The summed E-state index contributed by atoms with van der Waals surface area (Å²) < 4.78 is 4.39. The molecule has 0 bridgehead atoms. The number of anilines is 1. The molecule has 0 aliphatic carbocycles. The van der Waals surface area contributed by atoms with Crippen molar-refractivity contribution < 1.29 is 23.9 Å². The second-order valence-corrected chi connectivity index (χ2v) is 5.68. The summed E-state index contributed by atoms with van der Waals surface area (Å²) in [7, 11) is 1.16. The Hall–Kier alpha value is -2.44. The van der Waals surface area contributed by atoms with Crippen molar-refractivity contribution in [3.05, 3.63) is 52.0 Å². The standard InChI is InChI=1S/C17H15Cl2NO5/c1-10(21)14(18)9-16(23)20-12-5-3-11(4-6-12)7-13(22)8-15(19)17(24)25-2/h3-6,8-9H,7H2,1-2H3,(H,20,23)/b14-9+,15-8+. The number of esters is 1. The number of methoxy groups -OCH3 is 1. The molecule has 1 rings (SSSR count). The molecule has 0 radical (unpaired) electrons. The van der Waals surface area contributed by atoms with E-state index in [1.54, 1.807) is 24.3 Å². The first-order valence-electron chi connectivity index (χ1n) is 6.99. The number of ketones is 2. The smallest absolute Gasteiger partial charge is 0.349 e. The summed E-state index contributed by atoms with van der Waals surface area (Å²) in [6.07, 6.45) is 2.01. The number of allylic oxidation sites excluding steroid dienone is 2. The SMILES string of the molecule is COC(=O)/C(Cl)=C\C(=O)Cc1ccc(NC(=O)/C=C(/Cl)C(C)=O)cc1. The summed E-state index contributed by atoms with van der Waals surface area (Å²) >= 11 is 11.2. The van der Waals surface area contributed by atoms with E-state index in [4.69, 9.17) is 23.2 Å². The fourth-order valence-electron chi connectivity index (χ4n) is 1.65. The van der Waals surface area contributed by atoms with Gasteiger partial charge in [0.05, 0.1) is 12.1 Å². The highest BCUT2D eigenvalue weighted by molar-refractivity contribution is 6.43. The van der Waals surface area contributed by atoms with Gasteiger partial charge in [-0.3, -0.25) is 14.4 Å². The highest BCUT2D eigenvalue weighted by Crippen LogP contribution is 2.12. The van der Waals surface area contributed by atoms with Crippen LogP contribution in [0.3, 0.4) is 0 Å². The van der Waals surface area contributed by atoms with Crippen LogP contribution in [0.4, 0.5) is 5.69 Å². The number of Topliss-reactive ketones (excluding diaryl/α,β-unsaturated/α-hetero) is 1. The molecule has 1 N–H and O–H groups in total. The third kappa shape index (κ3) is 7.32. The molecule has 0 aliphatic heterocycles. The van der Waals surface area contributed by atoms with Crippen LogP contribution in [0.5, 0.6) is 0 Å². The van der Waals surface area contributed by atoms with Crippen molar-refractivity contribution in [1.29, 1.82) is 0 Å². The van der Waals surface area contributed by atoms with E-state index in [0.717, 1.165) is 19.3 Å². The highest BCUT2D eigenvalue weighted by atomic mass is 35.5. The molecule has 1 aromatic rings. The predicted molar refractivity (Wildman–Crippen MR) is 94.4 cm³/mol. The van der Waals surface area contributed by atoms with Gasteiger partial charge in [0.15, 0.2) is 11.6 Å². The molecule has 0 spiro atoms. The maximum Gasteiger partial charge on any atom is 0.349 e. The Bertz CT molecular complexity index is 751. The summed E-state index contributed by atoms with van der Waals surface area (Å²) in [5.41, 5.74) is 1.12. The minimum atomic E-state index is -0.787. The van der Waals surface area contributed by atoms with E-state index in [0.29, 0.717) is 11.3 Å². The fourth-order valence-corrected chi connectivity index (χ4v) is 1.95. The van der Waals surface area contributed by atoms with Gasteiger partial charge in [-0.1, -0.05) is 35.3 Å². The highest BCUT2D eigenvalue weighted by Gasteiger charge is 2.10. The van der Waals surface area contributed by atoms with E-state index < -0.39 is 17.7 Å². The van der Waals surface area contributed by atoms with E-state index in [1.807, 2.05) is 0 Å². The molecule has 0 saturated carbocycles. The minimum absolute atomic E-state index is 0.0253. The van der Waals surface area contributed by atoms with Crippen molar-refractivity contribution in [2.45, 2.75) is 13.3 Å². The van der Waals surface area contributed by atoms with E-state index in [1.165, 1.54) is 6.92 Å². The molecule has 0 saturated heterocycles. The predicted octanol–water partition coefficient (Wildman–Crippen LogP) is 2.74. The van der Waals surface area contributed by atoms with Gasteiger partial charge in [0.2, 0.25) is 5.91 Å². The Balaban J connectivity index is 2.69. The Morgan fingerprint density at radius 3 is 2.16 bits per heavy atom. The molecule has 0 unspecified atom stereocenters. The quantitative estimate of drug-likeness (QED) is 0.577. The van der Waals surface area contributed by atoms with Gasteiger partial charge in [-0.25, -0.2) is 4.79 Å². The zero-order valence-corrected chi connectivity index (χ0v) is 15.0. The molecule has 0 atom stereocenters. The number of halogens is 2. The van der Waals surface area contributed by atoms with Crippen LogP contribution in [0.25, 0.3) is 0 Å². The first-order chi connectivity index (χ1) is 11.7. The summed E-state index contributed by atoms with van der Waals surface area (Å²) in [4.78, 5) is 45.5.